The number of amides is 2. The van der Waals surface area contributed by atoms with Gasteiger partial charge in [-0.05, 0) is 51.3 Å². The lowest BCUT2D eigenvalue weighted by Gasteiger charge is -2.38. The maximum Gasteiger partial charge on any atom is 0.265 e. The molecule has 182 valence electrons. The molecule has 9 nitrogen and oxygen atoms in total. The summed E-state index contributed by atoms with van der Waals surface area (Å²) in [5.41, 5.74) is 1.01. The first-order chi connectivity index (χ1) is 15.7. The number of hydrogen-bond donors (Lipinski definition) is 1. The number of fused-ring (bicyclic) bond motifs is 1. The Hall–Kier alpha value is -2.17. The van der Waals surface area contributed by atoms with E-state index in [0.29, 0.717) is 49.5 Å². The molecule has 4 rings (SSSR count). The van der Waals surface area contributed by atoms with Gasteiger partial charge in [0.1, 0.15) is 5.75 Å². The Morgan fingerprint density at radius 2 is 1.91 bits per heavy atom. The van der Waals surface area contributed by atoms with Crippen LogP contribution in [0.4, 0.5) is 5.69 Å². The van der Waals surface area contributed by atoms with E-state index >= 15 is 0 Å². The molecular weight excluding hydrogens is 444 g/mol. The van der Waals surface area contributed by atoms with Gasteiger partial charge in [-0.3, -0.25) is 14.5 Å². The molecule has 33 heavy (non-hydrogen) atoms. The maximum absolute atomic E-state index is 13.6. The number of piperazine rings is 1. The zero-order valence-electron chi connectivity index (χ0n) is 19.7. The molecule has 0 bridgehead atoms. The van der Waals surface area contributed by atoms with Crippen LogP contribution in [0, 0.1) is 12.8 Å². The molecule has 2 saturated heterocycles. The van der Waals surface area contributed by atoms with Gasteiger partial charge in [0.15, 0.2) is 6.10 Å². The third kappa shape index (κ3) is 4.88. The van der Waals surface area contributed by atoms with Crippen molar-refractivity contribution in [2.75, 3.05) is 51.1 Å². The van der Waals surface area contributed by atoms with E-state index in [2.05, 4.69) is 17.1 Å². The van der Waals surface area contributed by atoms with Crippen LogP contribution in [-0.2, 0) is 19.6 Å². The van der Waals surface area contributed by atoms with E-state index in [-0.39, 0.29) is 29.2 Å². The largest absolute Gasteiger partial charge is 0.479 e. The number of benzene rings is 1. The zero-order chi connectivity index (χ0) is 23.8. The molecule has 1 N–H and O–H groups in total. The third-order valence-electron chi connectivity index (χ3n) is 6.78. The van der Waals surface area contributed by atoms with Gasteiger partial charge in [0.05, 0.1) is 16.5 Å². The first-order valence-corrected chi connectivity index (χ1v) is 13.3. The van der Waals surface area contributed by atoms with Gasteiger partial charge >= 0.3 is 0 Å². The average molecular weight is 479 g/mol. The summed E-state index contributed by atoms with van der Waals surface area (Å²) < 4.78 is 34.2. The first kappa shape index (κ1) is 24.0. The number of carbonyl (C=O) groups excluding carboxylic acids is 2. The van der Waals surface area contributed by atoms with Crippen molar-refractivity contribution < 1.29 is 22.7 Å². The monoisotopic (exact) mass is 478 g/mol. The zero-order valence-corrected chi connectivity index (χ0v) is 20.5. The van der Waals surface area contributed by atoms with E-state index < -0.39 is 16.1 Å². The van der Waals surface area contributed by atoms with Gasteiger partial charge in [-0.25, -0.2) is 8.42 Å². The van der Waals surface area contributed by atoms with E-state index in [0.717, 1.165) is 26.1 Å². The topological polar surface area (TPSA) is 99.3 Å². The van der Waals surface area contributed by atoms with Crippen LogP contribution >= 0.6 is 0 Å². The van der Waals surface area contributed by atoms with Crippen molar-refractivity contribution in [2.24, 2.45) is 5.92 Å². The molecule has 0 aliphatic carbocycles. The van der Waals surface area contributed by atoms with Crippen molar-refractivity contribution in [3.8, 4) is 5.75 Å². The number of carbonyl (C=O) groups is 2. The number of nitrogens with one attached hydrogen (secondary N) is 1. The van der Waals surface area contributed by atoms with E-state index in [9.17, 15) is 18.0 Å². The third-order valence-corrected chi connectivity index (χ3v) is 8.79. The van der Waals surface area contributed by atoms with Gasteiger partial charge in [-0.15, -0.1) is 0 Å². The molecule has 10 heteroatoms. The smallest absolute Gasteiger partial charge is 0.265 e. The number of rotatable bonds is 5. The molecule has 3 heterocycles. The van der Waals surface area contributed by atoms with Crippen LogP contribution in [0.25, 0.3) is 0 Å². The number of sulfonamides is 1. The maximum atomic E-state index is 13.6. The van der Waals surface area contributed by atoms with E-state index in [1.54, 1.807) is 19.9 Å². The molecule has 0 spiro atoms. The fraction of sp³-hybridized carbons (Fsp3) is 0.652. The fourth-order valence-electron chi connectivity index (χ4n) is 4.89. The number of anilines is 1. The van der Waals surface area contributed by atoms with Crippen molar-refractivity contribution in [1.82, 2.24) is 14.1 Å². The van der Waals surface area contributed by atoms with Crippen molar-refractivity contribution in [1.29, 1.82) is 0 Å². The van der Waals surface area contributed by atoms with E-state index in [4.69, 9.17) is 4.74 Å². The van der Waals surface area contributed by atoms with Gasteiger partial charge in [0.25, 0.3) is 5.91 Å². The first-order valence-electron chi connectivity index (χ1n) is 11.8. The molecule has 1 aromatic carbocycles. The van der Waals surface area contributed by atoms with Crippen molar-refractivity contribution in [3.63, 3.8) is 0 Å². The molecule has 3 aliphatic rings. The number of ether oxygens (including phenoxy) is 1. The quantitative estimate of drug-likeness (QED) is 0.691. The van der Waals surface area contributed by atoms with Gasteiger partial charge in [0.2, 0.25) is 15.9 Å². The van der Waals surface area contributed by atoms with Crippen molar-refractivity contribution in [3.05, 3.63) is 17.7 Å². The van der Waals surface area contributed by atoms with Gasteiger partial charge < -0.3 is 15.0 Å². The highest BCUT2D eigenvalue weighted by Gasteiger charge is 2.37. The SMILES string of the molecule is CCCN1CCN(C(=O)C2CCCN(S(=O)(=O)c3cc4c(cc3C)NC(=O)C(C)O4)C2)CC1. The Labute approximate surface area is 196 Å². The van der Waals surface area contributed by atoms with Gasteiger partial charge in [-0.2, -0.15) is 4.31 Å². The summed E-state index contributed by atoms with van der Waals surface area (Å²) in [4.78, 5) is 29.5. The predicted molar refractivity (Wildman–Crippen MR) is 125 cm³/mol. The fourth-order valence-corrected chi connectivity index (χ4v) is 6.63. The van der Waals surface area contributed by atoms with Crippen molar-refractivity contribution >= 4 is 27.5 Å². The second-order valence-corrected chi connectivity index (χ2v) is 11.1. The molecule has 2 fully saturated rings. The van der Waals surface area contributed by atoms with Crippen LogP contribution in [0.1, 0.15) is 38.7 Å². The highest BCUT2D eigenvalue weighted by atomic mass is 32.2. The highest BCUT2D eigenvalue weighted by Crippen LogP contribution is 2.36. The molecular formula is C23H34N4O5S. The molecule has 2 amide bonds. The van der Waals surface area contributed by atoms with E-state index in [1.807, 2.05) is 4.90 Å². The Balaban J connectivity index is 1.48. The standard InChI is InChI=1S/C23H34N4O5S/c1-4-7-25-9-11-26(12-10-25)23(29)18-6-5-8-27(15-18)33(30,31)21-14-20-19(13-16(21)2)24-22(28)17(3)32-20/h13-14,17-18H,4-12,15H2,1-3H3,(H,24,28). The molecule has 0 saturated carbocycles. The van der Waals surface area contributed by atoms with Gasteiger partial charge in [0, 0.05) is 45.3 Å². The van der Waals surface area contributed by atoms with Crippen LogP contribution < -0.4 is 10.1 Å². The minimum absolute atomic E-state index is 0.0630. The Kier molecular flexibility index (Phi) is 6.97. The molecule has 2 atom stereocenters. The molecule has 1 aromatic rings. The molecule has 2 unspecified atom stereocenters. The lowest BCUT2D eigenvalue weighted by molar-refractivity contribution is -0.138. The van der Waals surface area contributed by atoms with Crippen LogP contribution in [0.5, 0.6) is 5.75 Å². The molecule has 3 aliphatic heterocycles. The lowest BCUT2D eigenvalue weighted by Crippen LogP contribution is -2.53. The van der Waals surface area contributed by atoms with Crippen LogP contribution in [0.15, 0.2) is 17.0 Å². The second kappa shape index (κ2) is 9.60. The summed E-state index contributed by atoms with van der Waals surface area (Å²) in [6.07, 6.45) is 1.77. The Bertz CT molecular complexity index is 1020. The van der Waals surface area contributed by atoms with Crippen molar-refractivity contribution in [2.45, 2.75) is 51.0 Å². The predicted octanol–water partition coefficient (Wildman–Crippen LogP) is 1.67. The van der Waals surface area contributed by atoms with Crippen LogP contribution in [0.2, 0.25) is 0 Å². The minimum Gasteiger partial charge on any atom is -0.479 e. The Morgan fingerprint density at radius 3 is 2.61 bits per heavy atom. The van der Waals surface area contributed by atoms with Crippen LogP contribution in [0.3, 0.4) is 0 Å². The van der Waals surface area contributed by atoms with E-state index in [1.165, 1.54) is 10.4 Å². The summed E-state index contributed by atoms with van der Waals surface area (Å²) >= 11 is 0. The summed E-state index contributed by atoms with van der Waals surface area (Å²) in [7, 11) is -3.81. The average Bonchev–Trinajstić information content (AvgIpc) is 2.80. The lowest BCUT2D eigenvalue weighted by atomic mass is 9.98. The second-order valence-electron chi connectivity index (χ2n) is 9.23. The Morgan fingerprint density at radius 1 is 1.18 bits per heavy atom. The number of nitrogens with zero attached hydrogens (tertiary/aromatic N) is 3. The molecule has 0 radical (unpaired) electrons. The normalized spacial score (nSPS) is 24.7. The highest BCUT2D eigenvalue weighted by molar-refractivity contribution is 7.89. The number of piperidine rings is 1. The molecule has 0 aromatic heterocycles. The van der Waals surface area contributed by atoms with Crippen LogP contribution in [-0.4, -0.2) is 86.3 Å². The number of aryl methyl sites for hydroxylation is 1. The van der Waals surface area contributed by atoms with Gasteiger partial charge in [-0.1, -0.05) is 6.92 Å². The minimum atomic E-state index is -3.81. The number of hydrogen-bond acceptors (Lipinski definition) is 6. The summed E-state index contributed by atoms with van der Waals surface area (Å²) in [6.45, 7) is 10.3. The summed E-state index contributed by atoms with van der Waals surface area (Å²) in [6, 6.07) is 3.13. The summed E-state index contributed by atoms with van der Waals surface area (Å²) in [5, 5.41) is 2.75. The summed E-state index contributed by atoms with van der Waals surface area (Å²) in [5.74, 6) is -0.167.